The second-order valence-corrected chi connectivity index (χ2v) is 5.10. The topological polar surface area (TPSA) is 41.1 Å². The summed E-state index contributed by atoms with van der Waals surface area (Å²) in [4.78, 5) is 13.0. The van der Waals surface area contributed by atoms with Crippen molar-refractivity contribution in [3.8, 4) is 0 Å². The molecule has 2 amide bonds. The van der Waals surface area contributed by atoms with Crippen LogP contribution in [0.4, 0.5) is 20.6 Å². The number of rotatable bonds is 3. The Labute approximate surface area is 121 Å². The molecule has 0 aromatic heterocycles. The normalized spacial score (nSPS) is 10.2. The summed E-state index contributed by atoms with van der Waals surface area (Å²) in [5, 5.41) is 5.37. The SMILES string of the molecule is CSc1cccc(NC(=O)Nc2cccc(F)c2C)c1. The van der Waals surface area contributed by atoms with E-state index in [4.69, 9.17) is 0 Å². The molecule has 0 saturated heterocycles. The smallest absolute Gasteiger partial charge is 0.308 e. The van der Waals surface area contributed by atoms with Crippen molar-refractivity contribution in [3.63, 3.8) is 0 Å². The minimum atomic E-state index is -0.392. The van der Waals surface area contributed by atoms with Crippen LogP contribution in [0, 0.1) is 12.7 Å². The third-order valence-electron chi connectivity index (χ3n) is 2.84. The van der Waals surface area contributed by atoms with Crippen LogP contribution in [0.25, 0.3) is 0 Å². The summed E-state index contributed by atoms with van der Waals surface area (Å²) >= 11 is 1.60. The summed E-state index contributed by atoms with van der Waals surface area (Å²) in [7, 11) is 0. The van der Waals surface area contributed by atoms with E-state index >= 15 is 0 Å². The van der Waals surface area contributed by atoms with Crippen molar-refractivity contribution in [3.05, 3.63) is 53.8 Å². The Bertz CT molecular complexity index is 631. The van der Waals surface area contributed by atoms with Gasteiger partial charge in [0.1, 0.15) is 5.82 Å². The number of urea groups is 1. The molecule has 0 bridgehead atoms. The number of benzene rings is 2. The van der Waals surface area contributed by atoms with Gasteiger partial charge < -0.3 is 10.6 Å². The maximum absolute atomic E-state index is 13.4. The minimum absolute atomic E-state index is 0.341. The van der Waals surface area contributed by atoms with Crippen LogP contribution < -0.4 is 10.6 Å². The molecule has 2 N–H and O–H groups in total. The lowest BCUT2D eigenvalue weighted by Gasteiger charge is -2.10. The van der Waals surface area contributed by atoms with Gasteiger partial charge in [-0.2, -0.15) is 0 Å². The Morgan fingerprint density at radius 3 is 2.65 bits per heavy atom. The Morgan fingerprint density at radius 2 is 1.90 bits per heavy atom. The highest BCUT2D eigenvalue weighted by Crippen LogP contribution is 2.20. The van der Waals surface area contributed by atoms with Gasteiger partial charge in [0, 0.05) is 21.8 Å². The van der Waals surface area contributed by atoms with Crippen molar-refractivity contribution in [2.24, 2.45) is 0 Å². The van der Waals surface area contributed by atoms with Gasteiger partial charge in [-0.1, -0.05) is 12.1 Å². The molecule has 3 nitrogen and oxygen atoms in total. The van der Waals surface area contributed by atoms with Gasteiger partial charge in [0.15, 0.2) is 0 Å². The Hall–Kier alpha value is -2.01. The van der Waals surface area contributed by atoms with E-state index in [2.05, 4.69) is 10.6 Å². The number of halogens is 1. The maximum atomic E-state index is 13.4. The van der Waals surface area contributed by atoms with Crippen LogP contribution in [-0.4, -0.2) is 12.3 Å². The van der Waals surface area contributed by atoms with Gasteiger partial charge in [-0.15, -0.1) is 11.8 Å². The first-order valence-corrected chi connectivity index (χ1v) is 7.30. The lowest BCUT2D eigenvalue weighted by atomic mass is 10.2. The molecule has 0 spiro atoms. The van der Waals surface area contributed by atoms with E-state index in [-0.39, 0.29) is 5.82 Å². The standard InChI is InChI=1S/C15H15FN2OS/c1-10-13(16)7-4-8-14(10)18-15(19)17-11-5-3-6-12(9-11)20-2/h3-9H,1-2H3,(H2,17,18,19). The molecule has 0 aliphatic rings. The zero-order chi connectivity index (χ0) is 14.5. The summed E-state index contributed by atoms with van der Waals surface area (Å²) in [6.45, 7) is 1.62. The number of hydrogen-bond donors (Lipinski definition) is 2. The predicted molar refractivity (Wildman–Crippen MR) is 82.0 cm³/mol. The third-order valence-corrected chi connectivity index (χ3v) is 3.57. The molecular weight excluding hydrogens is 275 g/mol. The molecule has 0 aliphatic carbocycles. The molecule has 2 aromatic carbocycles. The molecule has 0 atom stereocenters. The fourth-order valence-corrected chi connectivity index (χ4v) is 2.19. The van der Waals surface area contributed by atoms with Crippen molar-refractivity contribution in [2.75, 3.05) is 16.9 Å². The summed E-state index contributed by atoms with van der Waals surface area (Å²) in [6, 6.07) is 11.7. The number of amides is 2. The second kappa shape index (κ2) is 6.43. The van der Waals surface area contributed by atoms with Gasteiger partial charge in [-0.05, 0) is 43.5 Å². The molecule has 0 aliphatic heterocycles. The average molecular weight is 290 g/mol. The molecule has 0 fully saturated rings. The van der Waals surface area contributed by atoms with Crippen LogP contribution in [0.3, 0.4) is 0 Å². The zero-order valence-corrected chi connectivity index (χ0v) is 12.1. The molecule has 5 heteroatoms. The van der Waals surface area contributed by atoms with Gasteiger partial charge in [-0.25, -0.2) is 9.18 Å². The Balaban J connectivity index is 2.07. The molecule has 0 heterocycles. The fourth-order valence-electron chi connectivity index (χ4n) is 1.73. The highest BCUT2D eigenvalue weighted by Gasteiger charge is 2.07. The molecular formula is C15H15FN2OS. The van der Waals surface area contributed by atoms with Crippen molar-refractivity contribution >= 4 is 29.2 Å². The Morgan fingerprint density at radius 1 is 1.15 bits per heavy atom. The molecule has 2 rings (SSSR count). The van der Waals surface area contributed by atoms with E-state index in [1.807, 2.05) is 24.5 Å². The van der Waals surface area contributed by atoms with Crippen LogP contribution >= 0.6 is 11.8 Å². The van der Waals surface area contributed by atoms with E-state index in [1.165, 1.54) is 6.07 Å². The average Bonchev–Trinajstić information content (AvgIpc) is 2.44. The number of thioether (sulfide) groups is 1. The number of carbonyl (C=O) groups excluding carboxylic acids is 1. The van der Waals surface area contributed by atoms with Crippen LogP contribution in [0.1, 0.15) is 5.56 Å². The third kappa shape index (κ3) is 3.51. The van der Waals surface area contributed by atoms with Gasteiger partial charge in [0.25, 0.3) is 0 Å². The van der Waals surface area contributed by atoms with Crippen LogP contribution in [-0.2, 0) is 0 Å². The van der Waals surface area contributed by atoms with Crippen LogP contribution in [0.15, 0.2) is 47.4 Å². The monoisotopic (exact) mass is 290 g/mol. The van der Waals surface area contributed by atoms with Gasteiger partial charge in [0.2, 0.25) is 0 Å². The molecule has 0 radical (unpaired) electrons. The number of anilines is 2. The van der Waals surface area contributed by atoms with Crippen LogP contribution in [0.5, 0.6) is 0 Å². The first-order chi connectivity index (χ1) is 9.60. The molecule has 20 heavy (non-hydrogen) atoms. The number of carbonyl (C=O) groups is 1. The van der Waals surface area contributed by atoms with Crippen LogP contribution in [0.2, 0.25) is 0 Å². The highest BCUT2D eigenvalue weighted by molar-refractivity contribution is 7.98. The fraction of sp³-hybridized carbons (Fsp3) is 0.133. The minimum Gasteiger partial charge on any atom is -0.308 e. The molecule has 0 saturated carbocycles. The Kier molecular flexibility index (Phi) is 4.63. The molecule has 0 unspecified atom stereocenters. The summed E-state index contributed by atoms with van der Waals surface area (Å²) < 4.78 is 13.4. The van der Waals surface area contributed by atoms with Crippen molar-refractivity contribution in [1.82, 2.24) is 0 Å². The van der Waals surface area contributed by atoms with E-state index < -0.39 is 6.03 Å². The predicted octanol–water partition coefficient (Wildman–Crippen LogP) is 4.50. The lowest BCUT2D eigenvalue weighted by molar-refractivity contribution is 0.262. The molecule has 104 valence electrons. The lowest BCUT2D eigenvalue weighted by Crippen LogP contribution is -2.20. The van der Waals surface area contributed by atoms with Gasteiger partial charge in [0.05, 0.1) is 0 Å². The number of hydrogen-bond acceptors (Lipinski definition) is 2. The van der Waals surface area contributed by atoms with Gasteiger partial charge >= 0.3 is 6.03 Å². The number of nitrogens with one attached hydrogen (secondary N) is 2. The first kappa shape index (κ1) is 14.4. The molecule has 2 aromatic rings. The maximum Gasteiger partial charge on any atom is 0.323 e. The van der Waals surface area contributed by atoms with Crippen molar-refractivity contribution < 1.29 is 9.18 Å². The van der Waals surface area contributed by atoms with E-state index in [0.29, 0.717) is 16.9 Å². The van der Waals surface area contributed by atoms with E-state index in [0.717, 1.165) is 4.90 Å². The summed E-state index contributed by atoms with van der Waals surface area (Å²) in [6.07, 6.45) is 1.97. The largest absolute Gasteiger partial charge is 0.323 e. The zero-order valence-electron chi connectivity index (χ0n) is 11.2. The van der Waals surface area contributed by atoms with Crippen molar-refractivity contribution in [1.29, 1.82) is 0 Å². The first-order valence-electron chi connectivity index (χ1n) is 6.07. The summed E-state index contributed by atoms with van der Waals surface area (Å²) in [5.74, 6) is -0.341. The quantitative estimate of drug-likeness (QED) is 0.817. The second-order valence-electron chi connectivity index (χ2n) is 4.22. The summed E-state index contributed by atoms with van der Waals surface area (Å²) in [5.41, 5.74) is 1.58. The van der Waals surface area contributed by atoms with Crippen molar-refractivity contribution in [2.45, 2.75) is 11.8 Å². The van der Waals surface area contributed by atoms with E-state index in [1.54, 1.807) is 36.9 Å². The van der Waals surface area contributed by atoms with E-state index in [9.17, 15) is 9.18 Å². The highest BCUT2D eigenvalue weighted by atomic mass is 32.2. The van der Waals surface area contributed by atoms with Gasteiger partial charge in [-0.3, -0.25) is 0 Å².